The third-order valence-corrected chi connectivity index (χ3v) is 13.3. The Morgan fingerprint density at radius 1 is 0.281 bits per heavy atom. The van der Waals surface area contributed by atoms with Gasteiger partial charge in [0.2, 0.25) is 0 Å². The van der Waals surface area contributed by atoms with Crippen molar-refractivity contribution < 1.29 is 0 Å². The van der Waals surface area contributed by atoms with Crippen LogP contribution in [0.3, 0.4) is 0 Å². The van der Waals surface area contributed by atoms with Gasteiger partial charge >= 0.3 is 0 Å². The third kappa shape index (κ3) is 7.81. The van der Waals surface area contributed by atoms with Crippen molar-refractivity contribution in [1.29, 1.82) is 0 Å². The Kier molecular flexibility index (Phi) is 10.7. The lowest BCUT2D eigenvalue weighted by molar-refractivity contribution is 1.56. The quantitative estimate of drug-likeness (QED) is 0.105. The smallest absolute Gasteiger partial charge is 0.0181 e. The standard InChI is InChI=1S/C62H40Br2/c63-53-33-31-47-37-51(29-27-49(47)39-53)59(43-11-3-1-4-12-43)35-41-19-23-45(24-20-41)61-55-15-7-9-17-57(55)62(58-18-10-8-16-56(58)61)46-25-21-42(22-26-46)36-60(44-13-5-2-6-14-44)52-30-28-50-40-54(64)34-32-48(50)38-52/h1-40H. The van der Waals surface area contributed by atoms with E-state index in [0.29, 0.717) is 0 Å². The summed E-state index contributed by atoms with van der Waals surface area (Å²) in [4.78, 5) is 0. The van der Waals surface area contributed by atoms with Gasteiger partial charge in [0.05, 0.1) is 0 Å². The molecule has 0 bridgehead atoms. The predicted molar refractivity (Wildman–Crippen MR) is 282 cm³/mol. The Bertz CT molecular complexity index is 3290. The van der Waals surface area contributed by atoms with E-state index in [0.717, 1.165) is 20.1 Å². The van der Waals surface area contributed by atoms with Gasteiger partial charge in [0.25, 0.3) is 0 Å². The Labute approximate surface area is 390 Å². The highest BCUT2D eigenvalue weighted by atomic mass is 79.9. The van der Waals surface area contributed by atoms with Crippen LogP contribution < -0.4 is 0 Å². The molecule has 0 aliphatic heterocycles. The molecule has 0 spiro atoms. The first kappa shape index (κ1) is 39.7. The molecule has 0 nitrogen and oxygen atoms in total. The van der Waals surface area contributed by atoms with Crippen molar-refractivity contribution in [3.8, 4) is 22.3 Å². The van der Waals surface area contributed by atoms with Gasteiger partial charge in [0, 0.05) is 8.95 Å². The molecule has 302 valence electrons. The molecule has 2 heteroatoms. The molecule has 0 unspecified atom stereocenters. The van der Waals surface area contributed by atoms with Crippen molar-refractivity contribution in [3.63, 3.8) is 0 Å². The highest BCUT2D eigenvalue weighted by Crippen LogP contribution is 2.44. The number of fused-ring (bicyclic) bond motifs is 4. The van der Waals surface area contributed by atoms with Gasteiger partial charge in [-0.15, -0.1) is 0 Å². The topological polar surface area (TPSA) is 0 Å². The molecule has 0 amide bonds. The van der Waals surface area contributed by atoms with Crippen LogP contribution in [0, 0.1) is 0 Å². The number of benzene rings is 11. The Balaban J connectivity index is 0.983. The highest BCUT2D eigenvalue weighted by Gasteiger charge is 2.17. The zero-order valence-corrected chi connectivity index (χ0v) is 38.0. The van der Waals surface area contributed by atoms with Crippen LogP contribution in [0.25, 0.3) is 88.6 Å². The zero-order chi connectivity index (χ0) is 43.0. The van der Waals surface area contributed by atoms with Crippen LogP contribution in [0.5, 0.6) is 0 Å². The fourth-order valence-electron chi connectivity index (χ4n) is 9.25. The van der Waals surface area contributed by atoms with Crippen LogP contribution in [0.15, 0.2) is 239 Å². The predicted octanol–water partition coefficient (Wildman–Crippen LogP) is 18.3. The highest BCUT2D eigenvalue weighted by molar-refractivity contribution is 9.10. The average Bonchev–Trinajstić information content (AvgIpc) is 3.35. The summed E-state index contributed by atoms with van der Waals surface area (Å²) in [6, 6.07) is 83.9. The third-order valence-electron chi connectivity index (χ3n) is 12.3. The summed E-state index contributed by atoms with van der Waals surface area (Å²) in [5.74, 6) is 0. The summed E-state index contributed by atoms with van der Waals surface area (Å²) in [7, 11) is 0. The molecule has 0 aromatic heterocycles. The number of hydrogen-bond donors (Lipinski definition) is 0. The molecule has 11 aromatic rings. The lowest BCUT2D eigenvalue weighted by Gasteiger charge is -2.18. The van der Waals surface area contributed by atoms with E-state index in [1.807, 2.05) is 0 Å². The lowest BCUT2D eigenvalue weighted by Crippen LogP contribution is -1.92. The lowest BCUT2D eigenvalue weighted by atomic mass is 9.85. The van der Waals surface area contributed by atoms with E-state index in [2.05, 4.69) is 275 Å². The minimum atomic E-state index is 1.09. The maximum atomic E-state index is 3.64. The maximum absolute atomic E-state index is 3.64. The fraction of sp³-hybridized carbons (Fsp3) is 0. The minimum absolute atomic E-state index is 1.09. The summed E-state index contributed by atoms with van der Waals surface area (Å²) in [6.07, 6.45) is 4.64. The van der Waals surface area contributed by atoms with E-state index in [-0.39, 0.29) is 0 Å². The summed E-state index contributed by atoms with van der Waals surface area (Å²) < 4.78 is 2.17. The normalized spacial score (nSPS) is 12.1. The van der Waals surface area contributed by atoms with Gasteiger partial charge in [0.1, 0.15) is 0 Å². The first-order valence-corrected chi connectivity index (χ1v) is 23.2. The van der Waals surface area contributed by atoms with Gasteiger partial charge in [0.15, 0.2) is 0 Å². The Morgan fingerprint density at radius 3 is 0.984 bits per heavy atom. The summed E-state index contributed by atoms with van der Waals surface area (Å²) in [5, 5.41) is 9.84. The molecular formula is C62H40Br2. The van der Waals surface area contributed by atoms with Gasteiger partial charge in [-0.25, -0.2) is 0 Å². The maximum Gasteiger partial charge on any atom is 0.0181 e. The van der Waals surface area contributed by atoms with Crippen LogP contribution in [0.4, 0.5) is 0 Å². The Hall–Kier alpha value is -7.10. The molecular weight excluding hydrogens is 904 g/mol. The molecule has 0 saturated heterocycles. The van der Waals surface area contributed by atoms with Crippen LogP contribution in [-0.4, -0.2) is 0 Å². The van der Waals surface area contributed by atoms with Crippen molar-refractivity contribution in [2.24, 2.45) is 0 Å². The number of halogens is 2. The molecule has 11 aromatic carbocycles. The van der Waals surface area contributed by atoms with E-state index < -0.39 is 0 Å². The number of rotatable bonds is 8. The van der Waals surface area contributed by atoms with Gasteiger partial charge < -0.3 is 0 Å². The first-order valence-electron chi connectivity index (χ1n) is 21.6. The monoisotopic (exact) mass is 942 g/mol. The molecule has 0 heterocycles. The van der Waals surface area contributed by atoms with Crippen molar-refractivity contribution >= 4 is 98.2 Å². The second-order valence-electron chi connectivity index (χ2n) is 16.3. The van der Waals surface area contributed by atoms with Gasteiger partial charge in [-0.05, 0) is 158 Å². The molecule has 0 radical (unpaired) electrons. The van der Waals surface area contributed by atoms with Gasteiger partial charge in [-0.3, -0.25) is 0 Å². The Morgan fingerprint density at radius 2 is 0.609 bits per heavy atom. The van der Waals surface area contributed by atoms with E-state index in [1.165, 1.54) is 98.7 Å². The van der Waals surface area contributed by atoms with Crippen LogP contribution >= 0.6 is 31.9 Å². The molecule has 64 heavy (non-hydrogen) atoms. The molecule has 0 saturated carbocycles. The largest absolute Gasteiger partial charge is 0.0622 e. The molecule has 11 rings (SSSR count). The van der Waals surface area contributed by atoms with Crippen LogP contribution in [-0.2, 0) is 0 Å². The van der Waals surface area contributed by atoms with Crippen molar-refractivity contribution in [2.45, 2.75) is 0 Å². The van der Waals surface area contributed by atoms with Gasteiger partial charge in [-0.1, -0.05) is 226 Å². The fourth-order valence-corrected chi connectivity index (χ4v) is 10.0. The zero-order valence-electron chi connectivity index (χ0n) is 34.8. The van der Waals surface area contributed by atoms with E-state index in [1.54, 1.807) is 0 Å². The van der Waals surface area contributed by atoms with E-state index in [4.69, 9.17) is 0 Å². The van der Waals surface area contributed by atoms with Crippen LogP contribution in [0.2, 0.25) is 0 Å². The molecule has 0 N–H and O–H groups in total. The molecule has 0 atom stereocenters. The molecule has 0 aliphatic carbocycles. The van der Waals surface area contributed by atoms with Gasteiger partial charge in [-0.2, -0.15) is 0 Å². The first-order chi connectivity index (χ1) is 31.5. The summed E-state index contributed by atoms with van der Waals surface area (Å²) >= 11 is 7.27. The van der Waals surface area contributed by atoms with Crippen LogP contribution in [0.1, 0.15) is 33.4 Å². The second kappa shape index (κ2) is 17.2. The van der Waals surface area contributed by atoms with E-state index >= 15 is 0 Å². The summed E-state index contributed by atoms with van der Waals surface area (Å²) in [6.45, 7) is 0. The van der Waals surface area contributed by atoms with Crippen molar-refractivity contribution in [1.82, 2.24) is 0 Å². The second-order valence-corrected chi connectivity index (χ2v) is 18.2. The average molecular weight is 945 g/mol. The van der Waals surface area contributed by atoms with E-state index in [9.17, 15) is 0 Å². The SMILES string of the molecule is Brc1ccc2cc(C(=Cc3ccc(-c4c5ccccc5c(-c5ccc(C=C(c6ccccc6)c6ccc7cc(Br)ccc7c6)cc5)c5ccccc45)cc3)c3ccccc3)ccc2c1. The molecule has 0 aliphatic rings. The van der Waals surface area contributed by atoms with Crippen molar-refractivity contribution in [3.05, 3.63) is 273 Å². The minimum Gasteiger partial charge on any atom is -0.0622 e. The summed E-state index contributed by atoms with van der Waals surface area (Å²) in [5.41, 5.74) is 14.4. The number of hydrogen-bond acceptors (Lipinski definition) is 0. The molecule has 0 fully saturated rings. The van der Waals surface area contributed by atoms with Crippen molar-refractivity contribution in [2.75, 3.05) is 0 Å².